The molecule has 0 radical (unpaired) electrons. The van der Waals surface area contributed by atoms with Crippen molar-refractivity contribution in [2.45, 2.75) is 98.0 Å². The molecular formula is C28H40O5. The second kappa shape index (κ2) is 8.18. The van der Waals surface area contributed by atoms with E-state index >= 15 is 0 Å². The molecule has 7 unspecified atom stereocenters. The standard InChI is InChI=1S/C28H40O5/c1-16(25(31)32)7-6-13-28(5,33)23-12-14-26(3)20-10-8-18-17(2)21(29)11-9-19(18)24(20)22(30)15-27(23,26)4/h7,19-20,23-24,33H,6,8-15H2,1-5H3,(H,31,32). The summed E-state index contributed by atoms with van der Waals surface area (Å²) in [6.07, 6.45) is 8.33. The molecule has 0 saturated heterocycles. The number of fused-ring (bicyclic) bond motifs is 5. The topological polar surface area (TPSA) is 91.7 Å². The molecule has 0 heterocycles. The van der Waals surface area contributed by atoms with Gasteiger partial charge < -0.3 is 10.2 Å². The third-order valence-electron chi connectivity index (χ3n) is 10.6. The summed E-state index contributed by atoms with van der Waals surface area (Å²) in [6, 6.07) is 0. The van der Waals surface area contributed by atoms with Crippen LogP contribution in [0.15, 0.2) is 22.8 Å². The Labute approximate surface area is 197 Å². The second-order valence-electron chi connectivity index (χ2n) is 12.0. The van der Waals surface area contributed by atoms with Gasteiger partial charge in [0.1, 0.15) is 5.78 Å². The number of carboxylic acid groups (broad SMARTS) is 1. The van der Waals surface area contributed by atoms with Gasteiger partial charge in [-0.2, -0.15) is 0 Å². The maximum atomic E-state index is 13.7. The first-order chi connectivity index (χ1) is 15.3. The smallest absolute Gasteiger partial charge is 0.330 e. The highest BCUT2D eigenvalue weighted by atomic mass is 16.4. The molecular weight excluding hydrogens is 416 g/mol. The molecule has 0 aromatic heterocycles. The minimum Gasteiger partial charge on any atom is -0.478 e. The van der Waals surface area contributed by atoms with Crippen LogP contribution in [0, 0.1) is 34.5 Å². The summed E-state index contributed by atoms with van der Waals surface area (Å²) in [5.74, 6) is 0.193. The summed E-state index contributed by atoms with van der Waals surface area (Å²) >= 11 is 0. The van der Waals surface area contributed by atoms with Crippen molar-refractivity contribution in [1.82, 2.24) is 0 Å². The Kier molecular flexibility index (Phi) is 6.04. The van der Waals surface area contributed by atoms with Gasteiger partial charge in [0, 0.05) is 24.3 Å². The summed E-state index contributed by atoms with van der Waals surface area (Å²) in [5.41, 5.74) is 1.21. The number of rotatable bonds is 5. The van der Waals surface area contributed by atoms with E-state index in [-0.39, 0.29) is 34.4 Å². The van der Waals surface area contributed by atoms with Crippen molar-refractivity contribution in [1.29, 1.82) is 0 Å². The van der Waals surface area contributed by atoms with Gasteiger partial charge in [-0.25, -0.2) is 4.79 Å². The van der Waals surface area contributed by atoms with Gasteiger partial charge in [-0.05, 0) is 99.9 Å². The van der Waals surface area contributed by atoms with Gasteiger partial charge in [-0.15, -0.1) is 0 Å². The highest BCUT2D eigenvalue weighted by molar-refractivity contribution is 5.97. The summed E-state index contributed by atoms with van der Waals surface area (Å²) in [7, 11) is 0. The van der Waals surface area contributed by atoms with E-state index in [1.807, 2.05) is 13.8 Å². The zero-order chi connectivity index (χ0) is 24.3. The van der Waals surface area contributed by atoms with Crippen LogP contribution < -0.4 is 0 Å². The lowest BCUT2D eigenvalue weighted by molar-refractivity contribution is -0.162. The van der Waals surface area contributed by atoms with Crippen LogP contribution in [0.3, 0.4) is 0 Å². The van der Waals surface area contributed by atoms with E-state index in [9.17, 15) is 19.5 Å². The Morgan fingerprint density at radius 1 is 1.15 bits per heavy atom. The molecule has 0 aliphatic heterocycles. The lowest BCUT2D eigenvalue weighted by Gasteiger charge is -2.60. The molecule has 2 N–H and O–H groups in total. The molecule has 0 bridgehead atoms. The molecule has 0 spiro atoms. The Morgan fingerprint density at radius 3 is 2.52 bits per heavy atom. The highest BCUT2D eigenvalue weighted by Crippen LogP contribution is 2.71. The number of ketones is 2. The number of Topliss-reactive ketones (excluding diaryl/α,β-unsaturated/α-hetero) is 2. The first-order valence-electron chi connectivity index (χ1n) is 12.7. The van der Waals surface area contributed by atoms with E-state index in [0.717, 1.165) is 37.7 Å². The molecule has 5 nitrogen and oxygen atoms in total. The predicted molar refractivity (Wildman–Crippen MR) is 126 cm³/mol. The van der Waals surface area contributed by atoms with Gasteiger partial charge >= 0.3 is 5.97 Å². The van der Waals surface area contributed by atoms with Gasteiger partial charge in [-0.3, -0.25) is 9.59 Å². The lowest BCUT2D eigenvalue weighted by Crippen LogP contribution is -2.59. The third kappa shape index (κ3) is 3.66. The molecule has 7 atom stereocenters. The fraction of sp³-hybridized carbons (Fsp3) is 0.750. The Morgan fingerprint density at radius 2 is 1.85 bits per heavy atom. The molecule has 182 valence electrons. The van der Waals surface area contributed by atoms with Crippen molar-refractivity contribution < 1.29 is 24.6 Å². The van der Waals surface area contributed by atoms with Crippen LogP contribution in [0.5, 0.6) is 0 Å². The molecule has 4 aliphatic rings. The van der Waals surface area contributed by atoms with Gasteiger partial charge in [0.2, 0.25) is 0 Å². The van der Waals surface area contributed by atoms with Crippen molar-refractivity contribution in [2.75, 3.05) is 0 Å². The second-order valence-corrected chi connectivity index (χ2v) is 12.0. The number of aliphatic hydroxyl groups is 1. The molecule has 0 amide bonds. The number of hydrogen-bond acceptors (Lipinski definition) is 4. The maximum absolute atomic E-state index is 13.7. The number of carbonyl (C=O) groups excluding carboxylic acids is 2. The van der Waals surface area contributed by atoms with Crippen LogP contribution in [0.1, 0.15) is 92.4 Å². The highest BCUT2D eigenvalue weighted by Gasteiger charge is 2.67. The van der Waals surface area contributed by atoms with Crippen LogP contribution in [0.25, 0.3) is 0 Å². The molecule has 5 heteroatoms. The fourth-order valence-corrected chi connectivity index (χ4v) is 8.51. The van der Waals surface area contributed by atoms with Crippen molar-refractivity contribution in [3.05, 3.63) is 22.8 Å². The summed E-state index contributed by atoms with van der Waals surface area (Å²) in [5, 5.41) is 20.7. The Balaban J connectivity index is 1.61. The van der Waals surface area contributed by atoms with E-state index in [1.54, 1.807) is 13.0 Å². The quantitative estimate of drug-likeness (QED) is 0.550. The van der Waals surface area contributed by atoms with E-state index in [2.05, 4.69) is 13.8 Å². The minimum absolute atomic E-state index is 0.00467. The zero-order valence-electron chi connectivity index (χ0n) is 20.9. The first kappa shape index (κ1) is 24.4. The van der Waals surface area contributed by atoms with Crippen LogP contribution >= 0.6 is 0 Å². The maximum Gasteiger partial charge on any atom is 0.330 e. The number of aliphatic carboxylic acids is 1. The largest absolute Gasteiger partial charge is 0.478 e. The summed E-state index contributed by atoms with van der Waals surface area (Å²) in [6.45, 7) is 10.0. The number of allylic oxidation sites excluding steroid dienone is 2. The normalized spacial score (nSPS) is 40.7. The van der Waals surface area contributed by atoms with Crippen molar-refractivity contribution in [3.63, 3.8) is 0 Å². The van der Waals surface area contributed by atoms with E-state index in [0.29, 0.717) is 43.0 Å². The van der Waals surface area contributed by atoms with Crippen LogP contribution in [-0.4, -0.2) is 33.3 Å². The number of hydrogen-bond donors (Lipinski definition) is 2. The van der Waals surface area contributed by atoms with Gasteiger partial charge in [-0.1, -0.05) is 25.5 Å². The lowest BCUT2D eigenvalue weighted by atomic mass is 9.43. The third-order valence-corrected chi connectivity index (χ3v) is 10.6. The van der Waals surface area contributed by atoms with Crippen molar-refractivity contribution >= 4 is 17.5 Å². The molecule has 4 aliphatic carbocycles. The van der Waals surface area contributed by atoms with Crippen molar-refractivity contribution in [3.8, 4) is 0 Å². The van der Waals surface area contributed by atoms with Crippen molar-refractivity contribution in [2.24, 2.45) is 34.5 Å². The monoisotopic (exact) mass is 456 g/mol. The predicted octanol–water partition coefficient (Wildman–Crippen LogP) is 5.27. The van der Waals surface area contributed by atoms with Crippen LogP contribution in [0.4, 0.5) is 0 Å². The average Bonchev–Trinajstić information content (AvgIpc) is 3.02. The SMILES string of the molecule is CC(=CCCC(C)(O)C1CCC2(C)C3CCC4=C(C)C(=O)CCC4C3C(=O)CC12C)C(=O)O. The van der Waals surface area contributed by atoms with Gasteiger partial charge in [0.25, 0.3) is 0 Å². The molecule has 0 aromatic rings. The molecule has 3 saturated carbocycles. The molecule has 4 rings (SSSR count). The van der Waals surface area contributed by atoms with E-state index in [4.69, 9.17) is 5.11 Å². The van der Waals surface area contributed by atoms with Crippen LogP contribution in [0.2, 0.25) is 0 Å². The molecule has 33 heavy (non-hydrogen) atoms. The number of carboxylic acids is 1. The summed E-state index contributed by atoms with van der Waals surface area (Å²) < 4.78 is 0. The van der Waals surface area contributed by atoms with Crippen LogP contribution in [-0.2, 0) is 14.4 Å². The number of carbonyl (C=O) groups is 3. The summed E-state index contributed by atoms with van der Waals surface area (Å²) in [4.78, 5) is 37.2. The first-order valence-corrected chi connectivity index (χ1v) is 12.7. The molecule has 0 aromatic carbocycles. The Hall–Kier alpha value is -1.75. The van der Waals surface area contributed by atoms with E-state index < -0.39 is 11.6 Å². The molecule has 3 fully saturated rings. The van der Waals surface area contributed by atoms with Gasteiger partial charge in [0.05, 0.1) is 5.60 Å². The fourth-order valence-electron chi connectivity index (χ4n) is 8.51. The average molecular weight is 457 g/mol. The van der Waals surface area contributed by atoms with Gasteiger partial charge in [0.15, 0.2) is 5.78 Å². The minimum atomic E-state index is -0.956. The zero-order valence-corrected chi connectivity index (χ0v) is 20.9. The van der Waals surface area contributed by atoms with E-state index in [1.165, 1.54) is 5.57 Å². The Bertz CT molecular complexity index is 940.